The van der Waals surface area contributed by atoms with E-state index in [1.54, 1.807) is 11.8 Å². The minimum absolute atomic E-state index is 0.00688. The van der Waals surface area contributed by atoms with Crippen molar-refractivity contribution in [2.24, 2.45) is 5.92 Å². The Morgan fingerprint density at radius 3 is 2.31 bits per heavy atom. The fraction of sp³-hybridized carbons (Fsp3) is 0.556. The van der Waals surface area contributed by atoms with E-state index < -0.39 is 11.2 Å². The molecule has 1 N–H and O–H groups in total. The summed E-state index contributed by atoms with van der Waals surface area (Å²) in [6.45, 7) is 10.2. The third-order valence-electron chi connectivity index (χ3n) is 5.87. The van der Waals surface area contributed by atoms with Gasteiger partial charge in [0.1, 0.15) is 17.6 Å². The van der Waals surface area contributed by atoms with Gasteiger partial charge in [0, 0.05) is 35.3 Å². The average molecular weight is 502 g/mol. The Balaban J connectivity index is 2.26. The zero-order valence-corrected chi connectivity index (χ0v) is 22.4. The van der Waals surface area contributed by atoms with Crippen molar-refractivity contribution in [2.75, 3.05) is 11.4 Å². The van der Waals surface area contributed by atoms with Crippen molar-refractivity contribution in [3.8, 4) is 0 Å². The number of hydrogen-bond acceptors (Lipinski definition) is 5. The quantitative estimate of drug-likeness (QED) is 0.278. The van der Waals surface area contributed by atoms with Crippen molar-refractivity contribution in [3.63, 3.8) is 0 Å². The summed E-state index contributed by atoms with van der Waals surface area (Å²) in [5.74, 6) is -0.394. The molecule has 1 aromatic heterocycles. The molecule has 8 heteroatoms. The number of hydrogen-bond donors (Lipinski definition) is 1. The van der Waals surface area contributed by atoms with Gasteiger partial charge in [-0.2, -0.15) is 0 Å². The number of aryl methyl sites for hydroxylation is 2. The second-order valence-corrected chi connectivity index (χ2v) is 10.4. The van der Waals surface area contributed by atoms with Crippen molar-refractivity contribution in [3.05, 3.63) is 52.2 Å². The van der Waals surface area contributed by atoms with Crippen LogP contribution in [0.25, 0.3) is 0 Å². The molecule has 0 fully saturated rings. The summed E-state index contributed by atoms with van der Waals surface area (Å²) >= 11 is 1.31. The molecule has 1 atom stereocenters. The maximum Gasteiger partial charge on any atom is 0.317 e. The standard InChI is InChI=1S/C27H39N3O4S/c1-6-8-9-10-11-16-29(25(32)18-30-23(7-2)28-20(5)17-24(30)31)21-12-14-22(15-13-21)35-26(19(3)4)27(33)34/h12-15,17,19,26H,6-11,16,18H2,1-5H3,(H,33,34). The Hall–Kier alpha value is -2.61. The summed E-state index contributed by atoms with van der Waals surface area (Å²) in [4.78, 5) is 44.6. The predicted molar refractivity (Wildman–Crippen MR) is 142 cm³/mol. The Bertz CT molecular complexity index is 1030. The van der Waals surface area contributed by atoms with E-state index in [2.05, 4.69) is 11.9 Å². The molecule has 0 radical (unpaired) electrons. The zero-order chi connectivity index (χ0) is 26.0. The van der Waals surface area contributed by atoms with Gasteiger partial charge in [0.25, 0.3) is 5.56 Å². The fourth-order valence-electron chi connectivity index (χ4n) is 3.93. The van der Waals surface area contributed by atoms with E-state index in [-0.39, 0.29) is 23.9 Å². The average Bonchev–Trinajstić information content (AvgIpc) is 2.81. The van der Waals surface area contributed by atoms with Gasteiger partial charge in [-0.1, -0.05) is 53.4 Å². The molecule has 0 bridgehead atoms. The molecule has 0 aliphatic rings. The van der Waals surface area contributed by atoms with Crippen LogP contribution in [0.5, 0.6) is 0 Å². The van der Waals surface area contributed by atoms with Crippen LogP contribution in [0.15, 0.2) is 40.0 Å². The maximum atomic E-state index is 13.4. The number of aromatic nitrogens is 2. The van der Waals surface area contributed by atoms with E-state index in [0.29, 0.717) is 24.5 Å². The summed E-state index contributed by atoms with van der Waals surface area (Å²) in [5, 5.41) is 8.96. The molecule has 0 spiro atoms. The number of amides is 1. The highest BCUT2D eigenvalue weighted by molar-refractivity contribution is 8.00. The lowest BCUT2D eigenvalue weighted by Crippen LogP contribution is -2.38. The van der Waals surface area contributed by atoms with E-state index in [4.69, 9.17) is 0 Å². The van der Waals surface area contributed by atoms with Gasteiger partial charge in [0.15, 0.2) is 0 Å². The van der Waals surface area contributed by atoms with Gasteiger partial charge < -0.3 is 10.0 Å². The van der Waals surface area contributed by atoms with Crippen LogP contribution in [-0.2, 0) is 22.6 Å². The lowest BCUT2D eigenvalue weighted by molar-refractivity contribution is -0.137. The predicted octanol–water partition coefficient (Wildman–Crippen LogP) is 5.32. The maximum absolute atomic E-state index is 13.4. The molecule has 0 aliphatic carbocycles. The molecule has 1 amide bonds. The zero-order valence-electron chi connectivity index (χ0n) is 21.6. The van der Waals surface area contributed by atoms with Crippen molar-refractivity contribution in [1.29, 1.82) is 0 Å². The number of thioether (sulfide) groups is 1. The van der Waals surface area contributed by atoms with Crippen LogP contribution in [0.2, 0.25) is 0 Å². The number of carbonyl (C=O) groups is 2. The van der Waals surface area contributed by atoms with Crippen LogP contribution < -0.4 is 10.5 Å². The normalized spacial score (nSPS) is 12.1. The highest BCUT2D eigenvalue weighted by Crippen LogP contribution is 2.30. The van der Waals surface area contributed by atoms with Gasteiger partial charge in [-0.3, -0.25) is 19.0 Å². The number of carbonyl (C=O) groups excluding carboxylic acids is 1. The van der Waals surface area contributed by atoms with Crippen molar-refractivity contribution >= 4 is 29.3 Å². The summed E-state index contributed by atoms with van der Waals surface area (Å²) in [7, 11) is 0. The lowest BCUT2D eigenvalue weighted by Gasteiger charge is -2.24. The smallest absolute Gasteiger partial charge is 0.317 e. The molecule has 35 heavy (non-hydrogen) atoms. The minimum atomic E-state index is -0.832. The summed E-state index contributed by atoms with van der Waals surface area (Å²) in [6, 6.07) is 8.92. The molecule has 2 rings (SSSR count). The first-order chi connectivity index (χ1) is 16.7. The number of carboxylic acid groups (broad SMARTS) is 1. The molecular weight excluding hydrogens is 462 g/mol. The summed E-state index contributed by atoms with van der Waals surface area (Å²) < 4.78 is 1.46. The van der Waals surface area contributed by atoms with Crippen LogP contribution in [-0.4, -0.2) is 38.3 Å². The third-order valence-corrected chi connectivity index (χ3v) is 7.42. The lowest BCUT2D eigenvalue weighted by atomic mass is 10.1. The SMILES string of the molecule is CCCCCCCN(C(=O)Cn1c(CC)nc(C)cc1=O)c1ccc(SC(C(=O)O)C(C)C)cc1. The fourth-order valence-corrected chi connectivity index (χ4v) is 4.89. The number of carboxylic acids is 1. The van der Waals surface area contributed by atoms with Gasteiger partial charge in [-0.05, 0) is 43.5 Å². The Kier molecular flexibility index (Phi) is 11.5. The molecular formula is C27H39N3O4S. The van der Waals surface area contributed by atoms with Crippen LogP contribution >= 0.6 is 11.8 Å². The largest absolute Gasteiger partial charge is 0.480 e. The molecule has 0 saturated carbocycles. The molecule has 1 aromatic carbocycles. The Morgan fingerprint density at radius 1 is 1.09 bits per heavy atom. The van der Waals surface area contributed by atoms with Gasteiger partial charge in [0.2, 0.25) is 5.91 Å². The van der Waals surface area contributed by atoms with E-state index in [1.165, 1.54) is 28.8 Å². The first-order valence-electron chi connectivity index (χ1n) is 12.5. The third kappa shape index (κ3) is 8.53. The second-order valence-electron chi connectivity index (χ2n) is 9.17. The number of aliphatic carboxylic acids is 1. The van der Waals surface area contributed by atoms with Crippen LogP contribution in [0, 0.1) is 12.8 Å². The van der Waals surface area contributed by atoms with E-state index in [1.807, 2.05) is 45.0 Å². The number of nitrogens with zero attached hydrogens (tertiary/aromatic N) is 3. The highest BCUT2D eigenvalue weighted by atomic mass is 32.2. The van der Waals surface area contributed by atoms with Gasteiger partial charge >= 0.3 is 5.97 Å². The number of unbranched alkanes of at least 4 members (excludes halogenated alkanes) is 4. The molecule has 7 nitrogen and oxygen atoms in total. The second kappa shape index (κ2) is 14.1. The number of anilines is 1. The van der Waals surface area contributed by atoms with Crippen LogP contribution in [0.3, 0.4) is 0 Å². The molecule has 192 valence electrons. The molecule has 0 aliphatic heterocycles. The van der Waals surface area contributed by atoms with Crippen LogP contribution in [0.4, 0.5) is 5.69 Å². The molecule has 2 aromatic rings. The van der Waals surface area contributed by atoms with E-state index in [9.17, 15) is 19.5 Å². The summed E-state index contributed by atoms with van der Waals surface area (Å²) in [5.41, 5.74) is 1.18. The Labute approximate surface area is 213 Å². The molecule has 1 heterocycles. The summed E-state index contributed by atoms with van der Waals surface area (Å²) in [6.07, 6.45) is 5.92. The van der Waals surface area contributed by atoms with E-state index >= 15 is 0 Å². The minimum Gasteiger partial charge on any atom is -0.480 e. The van der Waals surface area contributed by atoms with Crippen molar-refractivity contribution in [1.82, 2.24) is 9.55 Å². The van der Waals surface area contributed by atoms with Crippen molar-refractivity contribution in [2.45, 2.75) is 89.8 Å². The number of benzene rings is 1. The number of rotatable bonds is 14. The van der Waals surface area contributed by atoms with Gasteiger partial charge in [-0.15, -0.1) is 11.8 Å². The topological polar surface area (TPSA) is 92.5 Å². The molecule has 0 saturated heterocycles. The van der Waals surface area contributed by atoms with E-state index in [0.717, 1.165) is 36.3 Å². The van der Waals surface area contributed by atoms with Crippen LogP contribution in [0.1, 0.15) is 71.3 Å². The van der Waals surface area contributed by atoms with Gasteiger partial charge in [0.05, 0.1) is 0 Å². The molecule has 1 unspecified atom stereocenters. The monoisotopic (exact) mass is 501 g/mol. The van der Waals surface area contributed by atoms with Gasteiger partial charge in [-0.25, -0.2) is 4.98 Å². The first-order valence-corrected chi connectivity index (χ1v) is 13.4. The van der Waals surface area contributed by atoms with Crippen molar-refractivity contribution < 1.29 is 14.7 Å². The Morgan fingerprint density at radius 2 is 1.74 bits per heavy atom. The highest BCUT2D eigenvalue weighted by Gasteiger charge is 2.23. The first kappa shape index (κ1) is 28.6.